The molecule has 1 rings (SSSR count). The normalized spacial score (nSPS) is 19.7. The van der Waals surface area contributed by atoms with Gasteiger partial charge >= 0.3 is 0 Å². The van der Waals surface area contributed by atoms with E-state index in [1.54, 1.807) is 0 Å². The summed E-state index contributed by atoms with van der Waals surface area (Å²) in [6.45, 7) is 10.2. The SMILES string of the molecule is CCCC(SC(C)(C)C)N1CCSC1=S. The largest absolute Gasteiger partial charge is 0.345 e. The van der Waals surface area contributed by atoms with Crippen molar-refractivity contribution >= 4 is 40.1 Å². The van der Waals surface area contributed by atoms with Gasteiger partial charge in [0.15, 0.2) is 0 Å². The minimum absolute atomic E-state index is 0.322. The maximum absolute atomic E-state index is 5.40. The van der Waals surface area contributed by atoms with Gasteiger partial charge in [0.25, 0.3) is 0 Å². The molecule has 0 N–H and O–H groups in total. The van der Waals surface area contributed by atoms with Crippen LogP contribution in [0.25, 0.3) is 0 Å². The Morgan fingerprint density at radius 2 is 2.20 bits per heavy atom. The molecule has 0 bridgehead atoms. The number of hydrogen-bond donors (Lipinski definition) is 0. The first kappa shape index (κ1) is 13.7. The molecule has 1 heterocycles. The second-order valence-electron chi connectivity index (χ2n) is 4.78. The number of thiocarbonyl (C=S) groups is 1. The quantitative estimate of drug-likeness (QED) is 0.705. The van der Waals surface area contributed by atoms with Crippen molar-refractivity contribution in [2.45, 2.75) is 50.7 Å². The number of rotatable bonds is 4. The van der Waals surface area contributed by atoms with E-state index in [1.807, 2.05) is 11.8 Å². The minimum atomic E-state index is 0.322. The van der Waals surface area contributed by atoms with Crippen LogP contribution in [0.5, 0.6) is 0 Å². The predicted molar refractivity (Wildman–Crippen MR) is 77.8 cm³/mol. The molecule has 1 nitrogen and oxygen atoms in total. The summed E-state index contributed by atoms with van der Waals surface area (Å²) in [7, 11) is 0. The average molecular weight is 263 g/mol. The van der Waals surface area contributed by atoms with Gasteiger partial charge in [-0.05, 0) is 6.42 Å². The first-order valence-electron chi connectivity index (χ1n) is 5.55. The van der Waals surface area contributed by atoms with Crippen LogP contribution >= 0.6 is 35.7 Å². The summed E-state index contributed by atoms with van der Waals surface area (Å²) in [5.74, 6) is 1.17. The Morgan fingerprint density at radius 1 is 1.53 bits per heavy atom. The summed E-state index contributed by atoms with van der Waals surface area (Å²) in [5.41, 5.74) is 0. The first-order valence-corrected chi connectivity index (χ1v) is 7.82. The van der Waals surface area contributed by atoms with E-state index in [9.17, 15) is 0 Å². The average Bonchev–Trinajstić information content (AvgIpc) is 2.48. The van der Waals surface area contributed by atoms with Crippen LogP contribution in [0.15, 0.2) is 0 Å². The predicted octanol–water partition coefficient (Wildman–Crippen LogP) is 3.98. The summed E-state index contributed by atoms with van der Waals surface area (Å²) >= 11 is 9.28. The number of nitrogens with zero attached hydrogens (tertiary/aromatic N) is 1. The third-order valence-electron chi connectivity index (χ3n) is 2.17. The highest BCUT2D eigenvalue weighted by Gasteiger charge is 2.28. The molecule has 0 aromatic rings. The van der Waals surface area contributed by atoms with E-state index in [-0.39, 0.29) is 0 Å². The molecular weight excluding hydrogens is 242 g/mol. The second-order valence-corrected chi connectivity index (χ2v) is 8.51. The fourth-order valence-electron chi connectivity index (χ4n) is 1.60. The van der Waals surface area contributed by atoms with Crippen molar-refractivity contribution < 1.29 is 0 Å². The summed E-state index contributed by atoms with van der Waals surface area (Å²) in [6.07, 6.45) is 2.47. The lowest BCUT2D eigenvalue weighted by Crippen LogP contribution is -2.35. The molecule has 0 spiro atoms. The fourth-order valence-corrected chi connectivity index (χ4v) is 4.56. The molecule has 88 valence electrons. The maximum atomic E-state index is 5.40. The van der Waals surface area contributed by atoms with E-state index >= 15 is 0 Å². The van der Waals surface area contributed by atoms with E-state index in [1.165, 1.54) is 18.6 Å². The van der Waals surface area contributed by atoms with Gasteiger partial charge in [0.2, 0.25) is 0 Å². The lowest BCUT2D eigenvalue weighted by molar-refractivity contribution is 0.415. The summed E-state index contributed by atoms with van der Waals surface area (Å²) in [6, 6.07) is 0. The Kier molecular flexibility index (Phi) is 5.26. The van der Waals surface area contributed by atoms with Crippen molar-refractivity contribution in [1.29, 1.82) is 0 Å². The number of thioether (sulfide) groups is 2. The van der Waals surface area contributed by atoms with Crippen LogP contribution in [0.2, 0.25) is 0 Å². The van der Waals surface area contributed by atoms with Gasteiger partial charge in [0.05, 0.1) is 5.37 Å². The highest BCUT2D eigenvalue weighted by molar-refractivity contribution is 8.23. The van der Waals surface area contributed by atoms with Crippen LogP contribution < -0.4 is 0 Å². The maximum Gasteiger partial charge on any atom is 0.137 e. The summed E-state index contributed by atoms with van der Waals surface area (Å²) < 4.78 is 1.42. The highest BCUT2D eigenvalue weighted by atomic mass is 32.2. The van der Waals surface area contributed by atoms with Gasteiger partial charge in [0.1, 0.15) is 4.32 Å². The molecule has 1 fully saturated rings. The van der Waals surface area contributed by atoms with Crippen LogP contribution in [0, 0.1) is 0 Å². The van der Waals surface area contributed by atoms with Crippen molar-refractivity contribution in [3.63, 3.8) is 0 Å². The van der Waals surface area contributed by atoms with Gasteiger partial charge in [-0.15, -0.1) is 11.8 Å². The Bertz CT molecular complexity index is 222. The zero-order valence-electron chi connectivity index (χ0n) is 10.1. The number of hydrogen-bond acceptors (Lipinski definition) is 3. The van der Waals surface area contributed by atoms with Crippen molar-refractivity contribution in [1.82, 2.24) is 4.90 Å². The van der Waals surface area contributed by atoms with Crippen molar-refractivity contribution in [2.75, 3.05) is 12.3 Å². The van der Waals surface area contributed by atoms with Crippen molar-refractivity contribution in [3.05, 3.63) is 0 Å². The topological polar surface area (TPSA) is 3.24 Å². The lowest BCUT2D eigenvalue weighted by Gasteiger charge is -2.33. The van der Waals surface area contributed by atoms with Crippen molar-refractivity contribution in [2.24, 2.45) is 0 Å². The van der Waals surface area contributed by atoms with E-state index in [4.69, 9.17) is 12.2 Å². The van der Waals surface area contributed by atoms with Gasteiger partial charge in [-0.1, -0.05) is 58.1 Å². The molecule has 0 aliphatic carbocycles. The zero-order valence-corrected chi connectivity index (χ0v) is 12.5. The summed E-state index contributed by atoms with van der Waals surface area (Å²) in [4.78, 5) is 2.42. The molecule has 0 aromatic heterocycles. The van der Waals surface area contributed by atoms with Crippen molar-refractivity contribution in [3.8, 4) is 0 Å². The van der Waals surface area contributed by atoms with E-state index in [0.717, 1.165) is 10.9 Å². The summed E-state index contributed by atoms with van der Waals surface area (Å²) in [5, 5.41) is 0.581. The van der Waals surface area contributed by atoms with E-state index in [0.29, 0.717) is 10.1 Å². The Morgan fingerprint density at radius 3 is 2.60 bits per heavy atom. The second kappa shape index (κ2) is 5.78. The molecular formula is C11H21NS3. The van der Waals surface area contributed by atoms with Gasteiger partial charge in [-0.2, -0.15) is 0 Å². The third-order valence-corrected chi connectivity index (χ3v) is 5.09. The first-order chi connectivity index (χ1) is 6.94. The van der Waals surface area contributed by atoms with E-state index < -0.39 is 0 Å². The molecule has 1 atom stereocenters. The lowest BCUT2D eigenvalue weighted by atomic mass is 10.3. The molecule has 1 saturated heterocycles. The van der Waals surface area contributed by atoms with Crippen LogP contribution in [-0.4, -0.2) is 31.6 Å². The molecule has 0 aromatic carbocycles. The van der Waals surface area contributed by atoms with Gasteiger partial charge in [0, 0.05) is 17.0 Å². The molecule has 0 saturated carbocycles. The smallest absolute Gasteiger partial charge is 0.137 e. The molecule has 4 heteroatoms. The molecule has 1 aliphatic rings. The molecule has 0 amide bonds. The van der Waals surface area contributed by atoms with Crippen LogP contribution in [0.3, 0.4) is 0 Å². The molecule has 0 radical (unpaired) electrons. The minimum Gasteiger partial charge on any atom is -0.345 e. The Labute approximate surface area is 108 Å². The van der Waals surface area contributed by atoms with Crippen LogP contribution in [-0.2, 0) is 0 Å². The monoisotopic (exact) mass is 263 g/mol. The third kappa shape index (κ3) is 4.53. The Balaban J connectivity index is 2.60. The highest BCUT2D eigenvalue weighted by Crippen LogP contribution is 2.35. The molecule has 15 heavy (non-hydrogen) atoms. The Hall–Kier alpha value is 0.590. The van der Waals surface area contributed by atoms with E-state index in [2.05, 4.69) is 44.4 Å². The van der Waals surface area contributed by atoms with Crippen LogP contribution in [0.4, 0.5) is 0 Å². The standard InChI is InChI=1S/C11H21NS3/c1-5-6-9(15-11(2,3)4)12-7-8-14-10(12)13/h9H,5-8H2,1-4H3. The van der Waals surface area contributed by atoms with Gasteiger partial charge < -0.3 is 4.90 Å². The molecule has 1 aliphatic heterocycles. The van der Waals surface area contributed by atoms with Gasteiger partial charge in [-0.3, -0.25) is 0 Å². The van der Waals surface area contributed by atoms with Crippen LogP contribution in [0.1, 0.15) is 40.5 Å². The van der Waals surface area contributed by atoms with Gasteiger partial charge in [-0.25, -0.2) is 0 Å². The molecule has 1 unspecified atom stereocenters. The fraction of sp³-hybridized carbons (Fsp3) is 0.909. The zero-order chi connectivity index (χ0) is 11.5.